The van der Waals surface area contributed by atoms with Crippen molar-refractivity contribution in [1.29, 1.82) is 0 Å². The van der Waals surface area contributed by atoms with E-state index in [1.807, 2.05) is 37.3 Å². The molecule has 0 spiro atoms. The van der Waals surface area contributed by atoms with Gasteiger partial charge in [0.2, 0.25) is 0 Å². The molecule has 0 aliphatic heterocycles. The van der Waals surface area contributed by atoms with E-state index in [2.05, 4.69) is 18.2 Å². The summed E-state index contributed by atoms with van der Waals surface area (Å²) in [6.45, 7) is 2.04. The van der Waals surface area contributed by atoms with Crippen molar-refractivity contribution in [2.24, 2.45) is 0 Å². The molecule has 0 saturated carbocycles. The Morgan fingerprint density at radius 3 is 2.62 bits per heavy atom. The fourth-order valence-corrected chi connectivity index (χ4v) is 1.92. The summed E-state index contributed by atoms with van der Waals surface area (Å²) in [4.78, 5) is 11.1. The summed E-state index contributed by atoms with van der Waals surface area (Å²) < 4.78 is 0. The van der Waals surface area contributed by atoms with Crippen LogP contribution in [-0.2, 0) is 4.79 Å². The van der Waals surface area contributed by atoms with E-state index in [-0.39, 0.29) is 0 Å². The highest BCUT2D eigenvalue weighted by Gasteiger charge is 2.04. The van der Waals surface area contributed by atoms with Crippen molar-refractivity contribution in [3.63, 3.8) is 0 Å². The van der Waals surface area contributed by atoms with Gasteiger partial charge in [0.05, 0.1) is 0 Å². The molecule has 0 aliphatic carbocycles. The molecule has 2 rings (SSSR count). The van der Waals surface area contributed by atoms with Crippen molar-refractivity contribution in [3.8, 4) is 0 Å². The molecule has 0 bridgehead atoms. The molecule has 0 radical (unpaired) electrons. The highest BCUT2D eigenvalue weighted by molar-refractivity contribution is 6.12. The number of aldehydes is 1. The summed E-state index contributed by atoms with van der Waals surface area (Å²) in [6, 6.07) is 14.2. The summed E-state index contributed by atoms with van der Waals surface area (Å²) in [7, 11) is 0. The quantitative estimate of drug-likeness (QED) is 0.555. The molecular weight excluding hydrogens is 196 g/mol. The summed E-state index contributed by atoms with van der Waals surface area (Å²) in [6.07, 6.45) is 3.78. The van der Waals surface area contributed by atoms with Crippen molar-refractivity contribution in [3.05, 3.63) is 54.1 Å². The third kappa shape index (κ3) is 1.89. The van der Waals surface area contributed by atoms with E-state index in [0.29, 0.717) is 0 Å². The molecule has 0 aliphatic rings. The number of allylic oxidation sites excluding steroid dienone is 2. The van der Waals surface area contributed by atoms with Gasteiger partial charge in [0.15, 0.2) is 0 Å². The first-order valence-electron chi connectivity index (χ1n) is 5.50. The van der Waals surface area contributed by atoms with Crippen LogP contribution in [0.4, 0.5) is 0 Å². The van der Waals surface area contributed by atoms with Gasteiger partial charge in [0.1, 0.15) is 6.29 Å². The normalized spacial score (nSPS) is 11.7. The van der Waals surface area contributed by atoms with Gasteiger partial charge in [-0.25, -0.2) is 0 Å². The van der Waals surface area contributed by atoms with Gasteiger partial charge in [-0.15, -0.1) is 0 Å². The molecule has 0 fully saturated rings. The molecule has 0 atom stereocenters. The van der Waals surface area contributed by atoms with Gasteiger partial charge >= 0.3 is 0 Å². The van der Waals surface area contributed by atoms with Crippen LogP contribution >= 0.6 is 0 Å². The Morgan fingerprint density at radius 2 is 1.88 bits per heavy atom. The lowest BCUT2D eigenvalue weighted by Crippen LogP contribution is -1.87. The SMILES string of the molecule is CC/C=C(/C=O)c1cccc2ccccc12. The molecule has 0 saturated heterocycles. The van der Waals surface area contributed by atoms with Gasteiger partial charge in [-0.2, -0.15) is 0 Å². The maximum Gasteiger partial charge on any atom is 0.150 e. The topological polar surface area (TPSA) is 17.1 Å². The second-order valence-electron chi connectivity index (χ2n) is 3.71. The number of rotatable bonds is 3. The van der Waals surface area contributed by atoms with Crippen LogP contribution in [0.25, 0.3) is 16.3 Å². The Labute approximate surface area is 95.4 Å². The molecule has 0 amide bonds. The van der Waals surface area contributed by atoms with E-state index in [1.54, 1.807) is 0 Å². The summed E-state index contributed by atoms with van der Waals surface area (Å²) in [5, 5.41) is 2.31. The molecule has 0 heterocycles. The van der Waals surface area contributed by atoms with Crippen LogP contribution in [0.3, 0.4) is 0 Å². The predicted molar refractivity (Wildman–Crippen MR) is 68.3 cm³/mol. The Morgan fingerprint density at radius 1 is 1.12 bits per heavy atom. The molecule has 80 valence electrons. The van der Waals surface area contributed by atoms with E-state index in [9.17, 15) is 4.79 Å². The van der Waals surface area contributed by atoms with Gasteiger partial charge in [-0.3, -0.25) is 4.79 Å². The van der Waals surface area contributed by atoms with Gasteiger partial charge in [-0.05, 0) is 22.8 Å². The lowest BCUT2D eigenvalue weighted by atomic mass is 9.98. The molecule has 1 heteroatoms. The molecule has 0 N–H and O–H groups in total. The van der Waals surface area contributed by atoms with Gasteiger partial charge in [0.25, 0.3) is 0 Å². The second kappa shape index (κ2) is 4.75. The Hall–Kier alpha value is -1.89. The number of hydrogen-bond acceptors (Lipinski definition) is 1. The van der Waals surface area contributed by atoms with Crippen molar-refractivity contribution < 1.29 is 4.79 Å². The van der Waals surface area contributed by atoms with Crippen LogP contribution < -0.4 is 0 Å². The second-order valence-corrected chi connectivity index (χ2v) is 3.71. The number of carbonyl (C=O) groups excluding carboxylic acids is 1. The maximum atomic E-state index is 11.1. The van der Waals surface area contributed by atoms with Gasteiger partial charge in [0, 0.05) is 5.57 Å². The number of fused-ring (bicyclic) bond motifs is 1. The zero-order valence-corrected chi connectivity index (χ0v) is 9.31. The van der Waals surface area contributed by atoms with E-state index in [4.69, 9.17) is 0 Å². The van der Waals surface area contributed by atoms with Crippen molar-refractivity contribution in [2.75, 3.05) is 0 Å². The molecule has 2 aromatic carbocycles. The van der Waals surface area contributed by atoms with E-state index in [0.717, 1.165) is 29.2 Å². The summed E-state index contributed by atoms with van der Waals surface area (Å²) in [5.41, 5.74) is 1.80. The molecule has 0 aromatic heterocycles. The van der Waals surface area contributed by atoms with Gasteiger partial charge in [-0.1, -0.05) is 55.5 Å². The molecule has 2 aromatic rings. The molecule has 1 nitrogen and oxygen atoms in total. The van der Waals surface area contributed by atoms with Gasteiger partial charge < -0.3 is 0 Å². The van der Waals surface area contributed by atoms with Crippen LogP contribution in [0.5, 0.6) is 0 Å². The Balaban J connectivity index is 2.68. The maximum absolute atomic E-state index is 11.1. The average Bonchev–Trinajstić information content (AvgIpc) is 2.35. The summed E-state index contributed by atoms with van der Waals surface area (Å²) >= 11 is 0. The first-order chi connectivity index (χ1) is 7.86. The first-order valence-corrected chi connectivity index (χ1v) is 5.50. The minimum Gasteiger partial charge on any atom is -0.298 e. The lowest BCUT2D eigenvalue weighted by Gasteiger charge is -2.05. The highest BCUT2D eigenvalue weighted by Crippen LogP contribution is 2.24. The Kier molecular flexibility index (Phi) is 3.16. The standard InChI is InChI=1S/C15H14O/c1-2-6-13(11-16)15-10-5-8-12-7-3-4-9-14(12)15/h3-11H,2H2,1H3/b13-6-. The number of hydrogen-bond donors (Lipinski definition) is 0. The fourth-order valence-electron chi connectivity index (χ4n) is 1.92. The van der Waals surface area contributed by atoms with E-state index >= 15 is 0 Å². The van der Waals surface area contributed by atoms with Crippen LogP contribution in [0.2, 0.25) is 0 Å². The van der Waals surface area contributed by atoms with Crippen LogP contribution in [-0.4, -0.2) is 6.29 Å². The van der Waals surface area contributed by atoms with Crippen LogP contribution in [0.15, 0.2) is 48.5 Å². The zero-order chi connectivity index (χ0) is 11.4. The highest BCUT2D eigenvalue weighted by atomic mass is 16.1. The van der Waals surface area contributed by atoms with Crippen molar-refractivity contribution >= 4 is 22.6 Å². The van der Waals surface area contributed by atoms with E-state index < -0.39 is 0 Å². The minimum absolute atomic E-state index is 0.777. The van der Waals surface area contributed by atoms with Crippen molar-refractivity contribution in [1.82, 2.24) is 0 Å². The predicted octanol–water partition coefficient (Wildman–Crippen LogP) is 3.83. The number of carbonyl (C=O) groups is 1. The van der Waals surface area contributed by atoms with Crippen LogP contribution in [0.1, 0.15) is 18.9 Å². The molecular formula is C15H14O. The largest absolute Gasteiger partial charge is 0.298 e. The average molecular weight is 210 g/mol. The smallest absolute Gasteiger partial charge is 0.150 e. The zero-order valence-electron chi connectivity index (χ0n) is 9.31. The third-order valence-corrected chi connectivity index (χ3v) is 2.65. The molecule has 16 heavy (non-hydrogen) atoms. The monoisotopic (exact) mass is 210 g/mol. The number of benzene rings is 2. The molecule has 0 unspecified atom stereocenters. The minimum atomic E-state index is 0.777. The Bertz CT molecular complexity index is 533. The van der Waals surface area contributed by atoms with Crippen LogP contribution in [0, 0.1) is 0 Å². The fraction of sp³-hybridized carbons (Fsp3) is 0.133. The summed E-state index contributed by atoms with van der Waals surface area (Å²) in [5.74, 6) is 0. The third-order valence-electron chi connectivity index (χ3n) is 2.65. The first kappa shape index (κ1) is 10.6. The van der Waals surface area contributed by atoms with E-state index in [1.165, 1.54) is 5.39 Å². The lowest BCUT2D eigenvalue weighted by molar-refractivity contribution is -0.103. The van der Waals surface area contributed by atoms with Crippen molar-refractivity contribution in [2.45, 2.75) is 13.3 Å².